The number of thioether (sulfide) groups is 1. The van der Waals surface area contributed by atoms with E-state index in [1.54, 1.807) is 39.5 Å². The molecule has 3 aromatic rings. The highest BCUT2D eigenvalue weighted by molar-refractivity contribution is 7.98. The van der Waals surface area contributed by atoms with E-state index in [-0.39, 0.29) is 37.2 Å². The average Bonchev–Trinajstić information content (AvgIpc) is 3.25. The summed E-state index contributed by atoms with van der Waals surface area (Å²) < 4.78 is 22.2. The largest absolute Gasteiger partial charge is 0.493 e. The van der Waals surface area contributed by atoms with Crippen molar-refractivity contribution in [3.05, 3.63) is 52.2 Å². The summed E-state index contributed by atoms with van der Waals surface area (Å²) in [6, 6.07) is 8.92. The van der Waals surface area contributed by atoms with E-state index in [1.807, 2.05) is 25.3 Å². The van der Waals surface area contributed by atoms with Crippen molar-refractivity contribution in [2.45, 2.75) is 25.2 Å². The molecule has 0 saturated heterocycles. The number of halogens is 1. The summed E-state index contributed by atoms with van der Waals surface area (Å²) in [6.45, 7) is 2.70. The smallest absolute Gasteiger partial charge is 0.273 e. The molecule has 10 nitrogen and oxygen atoms in total. The Morgan fingerprint density at radius 1 is 1.08 bits per heavy atom. The molecule has 2 amide bonds. The molecule has 0 spiro atoms. The number of nitrogens with one attached hydrogen (secondary N) is 1. The number of carbonyl (C=O) groups is 2. The van der Waals surface area contributed by atoms with E-state index in [4.69, 9.17) is 30.5 Å². The van der Waals surface area contributed by atoms with Crippen LogP contribution in [0.15, 0.2) is 35.5 Å². The van der Waals surface area contributed by atoms with E-state index in [1.165, 1.54) is 16.7 Å². The van der Waals surface area contributed by atoms with Crippen molar-refractivity contribution in [1.82, 2.24) is 20.2 Å². The second-order valence-corrected chi connectivity index (χ2v) is 9.65. The monoisotopic (exact) mass is 572 g/mol. The maximum Gasteiger partial charge on any atom is 0.273 e. The van der Waals surface area contributed by atoms with Crippen LogP contribution in [0.25, 0.3) is 11.3 Å². The molecule has 1 aliphatic rings. The quantitative estimate of drug-likeness (QED) is 0.266. The van der Waals surface area contributed by atoms with Crippen LogP contribution in [-0.2, 0) is 17.9 Å². The number of amides is 2. The van der Waals surface area contributed by atoms with Crippen molar-refractivity contribution in [1.29, 1.82) is 0 Å². The first-order valence-corrected chi connectivity index (χ1v) is 13.7. The van der Waals surface area contributed by atoms with Gasteiger partial charge in [0, 0.05) is 17.7 Å². The molecular weight excluding hydrogens is 544 g/mol. The summed E-state index contributed by atoms with van der Waals surface area (Å²) >= 11 is 8.03. The second kappa shape index (κ2) is 12.4. The lowest BCUT2D eigenvalue weighted by molar-refractivity contribution is -0.121. The van der Waals surface area contributed by atoms with Crippen molar-refractivity contribution in [3.8, 4) is 34.3 Å². The predicted octanol–water partition coefficient (Wildman–Crippen LogP) is 4.22. The highest BCUT2D eigenvalue weighted by Gasteiger charge is 2.34. The zero-order valence-electron chi connectivity index (χ0n) is 22.3. The molecule has 0 atom stereocenters. The van der Waals surface area contributed by atoms with E-state index >= 15 is 0 Å². The van der Waals surface area contributed by atoms with E-state index in [2.05, 4.69) is 15.3 Å². The van der Waals surface area contributed by atoms with Crippen molar-refractivity contribution in [3.63, 3.8) is 0 Å². The zero-order valence-corrected chi connectivity index (χ0v) is 23.9. The molecule has 4 rings (SSSR count). The van der Waals surface area contributed by atoms with E-state index in [9.17, 15) is 9.59 Å². The lowest BCUT2D eigenvalue weighted by Gasteiger charge is -2.15. The molecule has 2 heterocycles. The number of rotatable bonds is 11. The van der Waals surface area contributed by atoms with E-state index in [0.29, 0.717) is 56.5 Å². The number of benzene rings is 2. The van der Waals surface area contributed by atoms with Gasteiger partial charge in [-0.2, -0.15) is 0 Å². The van der Waals surface area contributed by atoms with Gasteiger partial charge < -0.3 is 29.2 Å². The van der Waals surface area contributed by atoms with Gasteiger partial charge in [0.05, 0.1) is 38.6 Å². The summed E-state index contributed by atoms with van der Waals surface area (Å²) in [4.78, 5) is 35.7. The Bertz CT molecular complexity index is 1380. The first kappa shape index (κ1) is 28.3. The fraction of sp³-hybridized carbons (Fsp3) is 0.333. The summed E-state index contributed by atoms with van der Waals surface area (Å²) in [5.74, 6) is 1.56. The Morgan fingerprint density at radius 3 is 2.36 bits per heavy atom. The molecule has 0 fully saturated rings. The summed E-state index contributed by atoms with van der Waals surface area (Å²) in [5, 5.41) is 3.56. The third kappa shape index (κ3) is 5.99. The molecule has 206 valence electrons. The lowest BCUT2D eigenvalue weighted by Crippen LogP contribution is -2.37. The van der Waals surface area contributed by atoms with Gasteiger partial charge in [0.2, 0.25) is 11.7 Å². The normalized spacial score (nSPS) is 12.3. The number of hydrogen-bond acceptors (Lipinski definition) is 9. The Labute approximate surface area is 236 Å². The molecule has 39 heavy (non-hydrogen) atoms. The Morgan fingerprint density at radius 2 is 1.77 bits per heavy atom. The Hall–Kier alpha value is -3.70. The van der Waals surface area contributed by atoms with Crippen LogP contribution in [0.1, 0.15) is 28.5 Å². The van der Waals surface area contributed by atoms with Crippen molar-refractivity contribution < 1.29 is 28.5 Å². The third-order valence-corrected chi connectivity index (χ3v) is 6.90. The molecule has 0 radical (unpaired) electrons. The number of fused-ring (bicyclic) bond motifs is 1. The van der Waals surface area contributed by atoms with Crippen LogP contribution in [0, 0.1) is 0 Å². The zero-order chi connectivity index (χ0) is 28.1. The average molecular weight is 573 g/mol. The van der Waals surface area contributed by atoms with Gasteiger partial charge >= 0.3 is 0 Å². The number of ether oxygens (including phenoxy) is 4. The van der Waals surface area contributed by atoms with E-state index < -0.39 is 0 Å². The minimum absolute atomic E-state index is 0.0570. The number of aromatic nitrogens is 2. The number of methoxy groups -OCH3 is 3. The number of hydrogen-bond donors (Lipinski definition) is 1. The molecule has 0 saturated carbocycles. The van der Waals surface area contributed by atoms with Crippen LogP contribution in [-0.4, -0.2) is 67.4 Å². The molecule has 0 bridgehead atoms. The Balaban J connectivity index is 1.59. The number of carbonyl (C=O) groups excluding carboxylic acids is 2. The van der Waals surface area contributed by atoms with Gasteiger partial charge in [-0.3, -0.25) is 9.59 Å². The first-order chi connectivity index (χ1) is 18.8. The summed E-state index contributed by atoms with van der Waals surface area (Å²) in [7, 11) is 4.66. The van der Waals surface area contributed by atoms with Gasteiger partial charge in [-0.05, 0) is 49.1 Å². The fourth-order valence-corrected chi connectivity index (χ4v) is 4.86. The van der Waals surface area contributed by atoms with Gasteiger partial charge in [0.25, 0.3) is 5.91 Å². The molecule has 0 aliphatic carbocycles. The molecule has 0 unspecified atom stereocenters. The van der Waals surface area contributed by atoms with Crippen molar-refractivity contribution >= 4 is 35.2 Å². The first-order valence-electron chi connectivity index (χ1n) is 12.1. The van der Waals surface area contributed by atoms with Gasteiger partial charge in [-0.25, -0.2) is 9.97 Å². The Kier molecular flexibility index (Phi) is 9.03. The van der Waals surface area contributed by atoms with Crippen LogP contribution in [0.3, 0.4) is 0 Å². The SMILES string of the molecule is CCNC(=O)CN1Cc2c(nc(SC)nc2-c2ccc(OCc3cc(OC)c(OC)c(OC)c3)cc2Cl)C1=O. The third-order valence-electron chi connectivity index (χ3n) is 6.04. The number of nitrogens with zero attached hydrogens (tertiary/aromatic N) is 3. The summed E-state index contributed by atoms with van der Waals surface area (Å²) in [5.41, 5.74) is 2.92. The minimum Gasteiger partial charge on any atom is -0.493 e. The molecule has 1 aromatic heterocycles. The maximum atomic E-state index is 13.0. The highest BCUT2D eigenvalue weighted by Crippen LogP contribution is 2.39. The van der Waals surface area contributed by atoms with Crippen LogP contribution >= 0.6 is 23.4 Å². The van der Waals surface area contributed by atoms with Crippen LogP contribution < -0.4 is 24.3 Å². The molecule has 2 aromatic carbocycles. The van der Waals surface area contributed by atoms with Crippen molar-refractivity contribution in [2.75, 3.05) is 40.7 Å². The highest BCUT2D eigenvalue weighted by atomic mass is 35.5. The van der Waals surface area contributed by atoms with E-state index in [0.717, 1.165) is 5.56 Å². The standard InChI is InChI=1S/C27H29ClN4O6S/c1-6-29-22(33)13-32-12-18-23(30-27(39-5)31-24(18)26(32)34)17-8-7-16(11-19(17)28)38-14-15-9-20(35-2)25(37-4)21(10-15)36-3/h7-11H,6,12-14H2,1-5H3,(H,29,33). The lowest BCUT2D eigenvalue weighted by atomic mass is 10.1. The van der Waals surface area contributed by atoms with Gasteiger partial charge in [0.15, 0.2) is 16.7 Å². The van der Waals surface area contributed by atoms with Crippen LogP contribution in [0.4, 0.5) is 0 Å². The van der Waals surface area contributed by atoms with Crippen molar-refractivity contribution in [2.24, 2.45) is 0 Å². The molecule has 12 heteroatoms. The molecule has 1 N–H and O–H groups in total. The topological polar surface area (TPSA) is 112 Å². The summed E-state index contributed by atoms with van der Waals surface area (Å²) in [6.07, 6.45) is 1.83. The predicted molar refractivity (Wildman–Crippen MR) is 148 cm³/mol. The van der Waals surface area contributed by atoms with Gasteiger partial charge in [-0.15, -0.1) is 0 Å². The number of likely N-dealkylation sites (N-methyl/N-ethyl adjacent to an activating group) is 1. The van der Waals surface area contributed by atoms with Crippen LogP contribution in [0.2, 0.25) is 5.02 Å². The van der Waals surface area contributed by atoms with Crippen LogP contribution in [0.5, 0.6) is 23.0 Å². The second-order valence-electron chi connectivity index (χ2n) is 8.46. The van der Waals surface area contributed by atoms with Gasteiger partial charge in [0.1, 0.15) is 24.6 Å². The maximum absolute atomic E-state index is 13.0. The molecule has 1 aliphatic heterocycles. The minimum atomic E-state index is -0.309. The fourth-order valence-electron chi connectivity index (χ4n) is 4.23. The molecular formula is C27H29ClN4O6S. The van der Waals surface area contributed by atoms with Gasteiger partial charge in [-0.1, -0.05) is 23.4 Å².